The molecule has 15 heavy (non-hydrogen) atoms. The standard InChI is InChI=1S/C11H14ClNO2/c1-7-3-4-9(12)8(5-7)6-10(13)11(14)15-2/h3-5,10H,6,13H2,1-2H3/t10-/m1/s1. The van der Waals surface area contributed by atoms with Gasteiger partial charge in [-0.2, -0.15) is 0 Å². The molecule has 0 saturated heterocycles. The number of rotatable bonds is 3. The highest BCUT2D eigenvalue weighted by atomic mass is 35.5. The average Bonchev–Trinajstić information content (AvgIpc) is 2.22. The van der Waals surface area contributed by atoms with Crippen LogP contribution in [-0.2, 0) is 16.0 Å². The largest absolute Gasteiger partial charge is 0.468 e. The number of aryl methyl sites for hydroxylation is 1. The van der Waals surface area contributed by atoms with Gasteiger partial charge in [0, 0.05) is 5.02 Å². The van der Waals surface area contributed by atoms with Crippen molar-refractivity contribution >= 4 is 17.6 Å². The minimum Gasteiger partial charge on any atom is -0.468 e. The first-order valence-electron chi connectivity index (χ1n) is 4.63. The van der Waals surface area contributed by atoms with Gasteiger partial charge in [0.1, 0.15) is 6.04 Å². The molecule has 0 fully saturated rings. The number of halogens is 1. The zero-order valence-corrected chi connectivity index (χ0v) is 9.54. The Morgan fingerprint density at radius 3 is 2.87 bits per heavy atom. The number of esters is 1. The van der Waals surface area contributed by atoms with Crippen molar-refractivity contribution in [3.63, 3.8) is 0 Å². The predicted molar refractivity (Wildman–Crippen MR) is 59.9 cm³/mol. The van der Waals surface area contributed by atoms with E-state index in [0.717, 1.165) is 11.1 Å². The Morgan fingerprint density at radius 2 is 2.27 bits per heavy atom. The number of nitrogens with two attached hydrogens (primary N) is 1. The highest BCUT2D eigenvalue weighted by Crippen LogP contribution is 2.18. The van der Waals surface area contributed by atoms with Crippen LogP contribution in [0.3, 0.4) is 0 Å². The van der Waals surface area contributed by atoms with Crippen LogP contribution in [0.1, 0.15) is 11.1 Å². The van der Waals surface area contributed by atoms with E-state index in [-0.39, 0.29) is 0 Å². The first-order valence-corrected chi connectivity index (χ1v) is 5.01. The lowest BCUT2D eigenvalue weighted by Gasteiger charge is -2.10. The van der Waals surface area contributed by atoms with Crippen LogP contribution in [0.4, 0.5) is 0 Å². The van der Waals surface area contributed by atoms with Crippen LogP contribution in [0.5, 0.6) is 0 Å². The number of carbonyl (C=O) groups excluding carboxylic acids is 1. The average molecular weight is 228 g/mol. The van der Waals surface area contributed by atoms with Gasteiger partial charge in [-0.15, -0.1) is 0 Å². The zero-order valence-electron chi connectivity index (χ0n) is 8.79. The summed E-state index contributed by atoms with van der Waals surface area (Å²) < 4.78 is 4.55. The summed E-state index contributed by atoms with van der Waals surface area (Å²) in [6.45, 7) is 1.96. The van der Waals surface area contributed by atoms with Crippen molar-refractivity contribution in [3.05, 3.63) is 34.3 Å². The lowest BCUT2D eigenvalue weighted by Crippen LogP contribution is -2.33. The fourth-order valence-electron chi connectivity index (χ4n) is 1.33. The molecule has 0 aliphatic rings. The number of methoxy groups -OCH3 is 1. The molecule has 1 aromatic rings. The van der Waals surface area contributed by atoms with E-state index < -0.39 is 12.0 Å². The molecule has 1 rings (SSSR count). The second-order valence-corrected chi connectivity index (χ2v) is 3.84. The van der Waals surface area contributed by atoms with Gasteiger partial charge in [-0.3, -0.25) is 4.79 Å². The third kappa shape index (κ3) is 3.22. The summed E-state index contributed by atoms with van der Waals surface area (Å²) in [4.78, 5) is 11.1. The zero-order chi connectivity index (χ0) is 11.4. The van der Waals surface area contributed by atoms with Crippen LogP contribution in [0.2, 0.25) is 5.02 Å². The summed E-state index contributed by atoms with van der Waals surface area (Å²) in [5.74, 6) is -0.424. The highest BCUT2D eigenvalue weighted by molar-refractivity contribution is 6.31. The number of hydrogen-bond donors (Lipinski definition) is 1. The van der Waals surface area contributed by atoms with Gasteiger partial charge in [0.25, 0.3) is 0 Å². The van der Waals surface area contributed by atoms with E-state index in [9.17, 15) is 4.79 Å². The van der Waals surface area contributed by atoms with Gasteiger partial charge in [0.15, 0.2) is 0 Å². The minimum atomic E-state index is -0.658. The Morgan fingerprint density at radius 1 is 1.60 bits per heavy atom. The lowest BCUT2D eigenvalue weighted by atomic mass is 10.0. The van der Waals surface area contributed by atoms with E-state index in [1.165, 1.54) is 7.11 Å². The maximum Gasteiger partial charge on any atom is 0.322 e. The van der Waals surface area contributed by atoms with Crippen molar-refractivity contribution in [2.24, 2.45) is 5.73 Å². The fraction of sp³-hybridized carbons (Fsp3) is 0.364. The smallest absolute Gasteiger partial charge is 0.322 e. The van der Waals surface area contributed by atoms with Gasteiger partial charge in [-0.05, 0) is 25.0 Å². The van der Waals surface area contributed by atoms with Crippen LogP contribution in [0.15, 0.2) is 18.2 Å². The summed E-state index contributed by atoms with van der Waals surface area (Å²) in [6, 6.07) is 4.98. The second kappa shape index (κ2) is 5.14. The van der Waals surface area contributed by atoms with Crippen LogP contribution in [0.25, 0.3) is 0 Å². The van der Waals surface area contributed by atoms with Crippen LogP contribution < -0.4 is 5.73 Å². The molecule has 0 aliphatic heterocycles. The minimum absolute atomic E-state index is 0.396. The number of ether oxygens (including phenoxy) is 1. The van der Waals surface area contributed by atoms with Crippen molar-refractivity contribution in [3.8, 4) is 0 Å². The topological polar surface area (TPSA) is 52.3 Å². The van der Waals surface area contributed by atoms with E-state index >= 15 is 0 Å². The third-order valence-corrected chi connectivity index (χ3v) is 2.51. The predicted octanol–water partition coefficient (Wildman–Crippen LogP) is 1.69. The molecule has 0 radical (unpaired) electrons. The van der Waals surface area contributed by atoms with Gasteiger partial charge in [0.2, 0.25) is 0 Å². The van der Waals surface area contributed by atoms with Gasteiger partial charge < -0.3 is 10.5 Å². The second-order valence-electron chi connectivity index (χ2n) is 3.43. The molecule has 82 valence electrons. The van der Waals surface area contributed by atoms with E-state index in [1.54, 1.807) is 6.07 Å². The van der Waals surface area contributed by atoms with E-state index in [2.05, 4.69) is 4.74 Å². The summed E-state index contributed by atoms with van der Waals surface area (Å²) in [5, 5.41) is 0.625. The SMILES string of the molecule is COC(=O)[C@H](N)Cc1cc(C)ccc1Cl. The maximum absolute atomic E-state index is 11.1. The Hall–Kier alpha value is -1.06. The van der Waals surface area contributed by atoms with Crippen molar-refractivity contribution in [1.82, 2.24) is 0 Å². The molecule has 0 saturated carbocycles. The molecule has 0 heterocycles. The highest BCUT2D eigenvalue weighted by Gasteiger charge is 2.15. The monoisotopic (exact) mass is 227 g/mol. The normalized spacial score (nSPS) is 12.3. The van der Waals surface area contributed by atoms with Gasteiger partial charge in [-0.25, -0.2) is 0 Å². The van der Waals surface area contributed by atoms with Gasteiger partial charge in [0.05, 0.1) is 7.11 Å². The number of benzene rings is 1. The summed E-state index contributed by atoms with van der Waals surface area (Å²) >= 11 is 5.98. The molecular formula is C11H14ClNO2. The molecule has 1 atom stereocenters. The molecule has 4 heteroatoms. The van der Waals surface area contributed by atoms with Crippen molar-refractivity contribution in [2.45, 2.75) is 19.4 Å². The molecule has 2 N–H and O–H groups in total. The van der Waals surface area contributed by atoms with E-state index in [0.29, 0.717) is 11.4 Å². The first kappa shape index (κ1) is 12.0. The van der Waals surface area contributed by atoms with E-state index in [4.69, 9.17) is 17.3 Å². The Balaban J connectivity index is 2.80. The molecule has 0 amide bonds. The van der Waals surface area contributed by atoms with Crippen molar-refractivity contribution in [1.29, 1.82) is 0 Å². The quantitative estimate of drug-likeness (QED) is 0.800. The first-order chi connectivity index (χ1) is 7.04. The molecule has 0 aliphatic carbocycles. The fourth-order valence-corrected chi connectivity index (χ4v) is 1.53. The molecule has 0 unspecified atom stereocenters. The number of carbonyl (C=O) groups is 1. The van der Waals surface area contributed by atoms with Crippen molar-refractivity contribution < 1.29 is 9.53 Å². The van der Waals surface area contributed by atoms with Crippen LogP contribution in [-0.4, -0.2) is 19.1 Å². The summed E-state index contributed by atoms with van der Waals surface area (Å²) in [7, 11) is 1.32. The van der Waals surface area contributed by atoms with Crippen LogP contribution in [0, 0.1) is 6.92 Å². The Labute approximate surface area is 94.2 Å². The van der Waals surface area contributed by atoms with E-state index in [1.807, 2.05) is 19.1 Å². The van der Waals surface area contributed by atoms with Gasteiger partial charge >= 0.3 is 5.97 Å². The summed E-state index contributed by atoms with van der Waals surface area (Å²) in [6.07, 6.45) is 0.396. The lowest BCUT2D eigenvalue weighted by molar-refractivity contribution is -0.142. The number of hydrogen-bond acceptors (Lipinski definition) is 3. The third-order valence-electron chi connectivity index (χ3n) is 2.14. The molecular weight excluding hydrogens is 214 g/mol. The van der Waals surface area contributed by atoms with Gasteiger partial charge in [-0.1, -0.05) is 29.3 Å². The molecule has 0 bridgehead atoms. The molecule has 1 aromatic carbocycles. The molecule has 0 aromatic heterocycles. The Bertz CT molecular complexity index is 366. The summed E-state index contributed by atoms with van der Waals surface area (Å²) in [5.41, 5.74) is 7.60. The van der Waals surface area contributed by atoms with Crippen LogP contribution >= 0.6 is 11.6 Å². The van der Waals surface area contributed by atoms with Crippen molar-refractivity contribution in [2.75, 3.05) is 7.11 Å². The molecule has 3 nitrogen and oxygen atoms in total. The Kier molecular flexibility index (Phi) is 4.12. The maximum atomic E-state index is 11.1. The molecule has 0 spiro atoms.